The van der Waals surface area contributed by atoms with Crippen molar-refractivity contribution < 1.29 is 14.5 Å². The lowest BCUT2D eigenvalue weighted by atomic mass is 10.1. The molecule has 0 spiro atoms. The molecule has 0 bridgehead atoms. The van der Waals surface area contributed by atoms with E-state index < -0.39 is 10.8 Å². The summed E-state index contributed by atoms with van der Waals surface area (Å²) in [7, 11) is 1.54. The first-order chi connectivity index (χ1) is 13.0. The van der Waals surface area contributed by atoms with Gasteiger partial charge in [-0.15, -0.1) is 0 Å². The zero-order valence-electron chi connectivity index (χ0n) is 14.4. The van der Waals surface area contributed by atoms with E-state index in [4.69, 9.17) is 4.74 Å². The molecule has 0 saturated heterocycles. The third kappa shape index (κ3) is 3.98. The van der Waals surface area contributed by atoms with Crippen molar-refractivity contribution in [3.05, 3.63) is 74.8 Å². The second-order valence-corrected chi connectivity index (χ2v) is 5.73. The minimum Gasteiger partial charge on any atom is -0.383 e. The van der Waals surface area contributed by atoms with E-state index in [2.05, 4.69) is 10.3 Å². The quantitative estimate of drug-likeness (QED) is 0.527. The molecule has 1 aromatic heterocycles. The lowest BCUT2D eigenvalue weighted by Crippen LogP contribution is -2.22. The van der Waals surface area contributed by atoms with Crippen molar-refractivity contribution in [1.29, 1.82) is 0 Å². The minimum atomic E-state index is -0.569. The average Bonchev–Trinajstić information content (AvgIpc) is 2.68. The number of fused-ring (bicyclic) bond motifs is 1. The van der Waals surface area contributed by atoms with Gasteiger partial charge in [0.1, 0.15) is 0 Å². The van der Waals surface area contributed by atoms with Crippen LogP contribution in [0.4, 0.5) is 11.4 Å². The van der Waals surface area contributed by atoms with E-state index in [-0.39, 0.29) is 16.8 Å². The number of nitrogens with one attached hydrogen (secondary N) is 1. The number of hydrogen-bond acceptors (Lipinski definition) is 6. The number of benzene rings is 2. The fourth-order valence-electron chi connectivity index (χ4n) is 2.55. The molecule has 0 aliphatic heterocycles. The van der Waals surface area contributed by atoms with Crippen LogP contribution in [0, 0.1) is 10.1 Å². The number of amides is 1. The summed E-state index contributed by atoms with van der Waals surface area (Å²) < 4.78 is 6.40. The Morgan fingerprint density at radius 3 is 2.85 bits per heavy atom. The van der Waals surface area contributed by atoms with Gasteiger partial charge in [-0.3, -0.25) is 24.3 Å². The summed E-state index contributed by atoms with van der Waals surface area (Å²) in [5.74, 6) is -0.512. The molecular weight excluding hydrogens is 352 g/mol. The Balaban J connectivity index is 1.89. The molecule has 27 heavy (non-hydrogen) atoms. The van der Waals surface area contributed by atoms with Crippen LogP contribution in [0.25, 0.3) is 10.9 Å². The third-order valence-electron chi connectivity index (χ3n) is 3.94. The summed E-state index contributed by atoms with van der Waals surface area (Å²) in [6, 6.07) is 10.2. The minimum absolute atomic E-state index is 0.146. The van der Waals surface area contributed by atoms with Crippen molar-refractivity contribution in [2.75, 3.05) is 19.0 Å². The van der Waals surface area contributed by atoms with Crippen LogP contribution in [-0.4, -0.2) is 34.1 Å². The summed E-state index contributed by atoms with van der Waals surface area (Å²) in [6.07, 6.45) is 1.45. The Bertz CT molecular complexity index is 1080. The van der Waals surface area contributed by atoms with Gasteiger partial charge in [0.05, 0.1) is 35.3 Å². The highest BCUT2D eigenvalue weighted by Crippen LogP contribution is 2.17. The summed E-state index contributed by atoms with van der Waals surface area (Å²) in [6.45, 7) is 0.735. The number of aromatic nitrogens is 2. The molecule has 1 N–H and O–H groups in total. The van der Waals surface area contributed by atoms with Gasteiger partial charge in [-0.05, 0) is 24.3 Å². The average molecular weight is 368 g/mol. The van der Waals surface area contributed by atoms with E-state index in [0.29, 0.717) is 29.7 Å². The number of nitrogens with zero attached hydrogens (tertiary/aromatic N) is 3. The molecule has 3 rings (SSSR count). The van der Waals surface area contributed by atoms with Gasteiger partial charge in [-0.25, -0.2) is 4.98 Å². The predicted molar refractivity (Wildman–Crippen MR) is 98.9 cm³/mol. The maximum atomic E-state index is 12.5. The number of carbonyl (C=O) groups excluding carboxylic acids is 1. The summed E-state index contributed by atoms with van der Waals surface area (Å²) in [4.78, 5) is 39.4. The fourth-order valence-corrected chi connectivity index (χ4v) is 2.55. The molecule has 0 aliphatic rings. The van der Waals surface area contributed by atoms with Crippen molar-refractivity contribution in [3.8, 4) is 0 Å². The van der Waals surface area contributed by atoms with E-state index >= 15 is 0 Å². The Labute approximate surface area is 153 Å². The number of nitro benzene ring substituents is 1. The van der Waals surface area contributed by atoms with E-state index in [9.17, 15) is 19.7 Å². The largest absolute Gasteiger partial charge is 0.383 e. The van der Waals surface area contributed by atoms with Crippen molar-refractivity contribution >= 4 is 28.2 Å². The number of carbonyl (C=O) groups is 1. The molecule has 0 aliphatic carbocycles. The molecular formula is C18H16N4O5. The summed E-state index contributed by atoms with van der Waals surface area (Å²) in [5.41, 5.74) is 0.618. The first-order valence-electron chi connectivity index (χ1n) is 8.03. The fraction of sp³-hybridized carbons (Fsp3) is 0.167. The molecule has 0 saturated carbocycles. The molecule has 0 fully saturated rings. The van der Waals surface area contributed by atoms with Crippen LogP contribution in [0.5, 0.6) is 0 Å². The van der Waals surface area contributed by atoms with Gasteiger partial charge in [0.25, 0.3) is 17.2 Å². The van der Waals surface area contributed by atoms with Gasteiger partial charge in [0, 0.05) is 30.5 Å². The summed E-state index contributed by atoms with van der Waals surface area (Å²) >= 11 is 0. The van der Waals surface area contributed by atoms with Crippen molar-refractivity contribution in [2.24, 2.45) is 0 Å². The molecule has 0 radical (unpaired) electrons. The number of anilines is 1. The topological polar surface area (TPSA) is 116 Å². The molecule has 3 aromatic rings. The highest BCUT2D eigenvalue weighted by molar-refractivity contribution is 6.05. The molecule has 9 nitrogen and oxygen atoms in total. The van der Waals surface area contributed by atoms with Gasteiger partial charge in [0.2, 0.25) is 0 Å². The normalized spacial score (nSPS) is 10.7. The molecule has 0 atom stereocenters. The number of non-ortho nitro benzene ring substituents is 1. The van der Waals surface area contributed by atoms with Gasteiger partial charge in [-0.1, -0.05) is 6.07 Å². The zero-order chi connectivity index (χ0) is 19.4. The Kier molecular flexibility index (Phi) is 5.23. The number of nitro groups is 1. The van der Waals surface area contributed by atoms with Crippen molar-refractivity contribution in [2.45, 2.75) is 6.54 Å². The smallest absolute Gasteiger partial charge is 0.270 e. The van der Waals surface area contributed by atoms with Gasteiger partial charge in [-0.2, -0.15) is 0 Å². The third-order valence-corrected chi connectivity index (χ3v) is 3.94. The van der Waals surface area contributed by atoms with E-state index in [1.54, 1.807) is 19.2 Å². The second-order valence-electron chi connectivity index (χ2n) is 5.73. The Morgan fingerprint density at radius 2 is 2.11 bits per heavy atom. The second kappa shape index (κ2) is 7.75. The highest BCUT2D eigenvalue weighted by atomic mass is 16.6. The Hall–Kier alpha value is -3.59. The predicted octanol–water partition coefficient (Wildman–Crippen LogP) is 2.20. The first kappa shape index (κ1) is 18.2. The lowest BCUT2D eigenvalue weighted by molar-refractivity contribution is -0.384. The van der Waals surface area contributed by atoms with E-state index in [1.807, 2.05) is 0 Å². The number of ether oxygens (including phenoxy) is 1. The zero-order valence-corrected chi connectivity index (χ0v) is 14.4. The summed E-state index contributed by atoms with van der Waals surface area (Å²) in [5, 5.41) is 13.8. The van der Waals surface area contributed by atoms with Crippen LogP contribution in [-0.2, 0) is 11.3 Å². The molecule has 0 unspecified atom stereocenters. The molecule has 9 heteroatoms. The van der Waals surface area contributed by atoms with Crippen LogP contribution in [0.1, 0.15) is 10.4 Å². The maximum Gasteiger partial charge on any atom is 0.270 e. The molecule has 138 valence electrons. The Morgan fingerprint density at radius 1 is 1.30 bits per heavy atom. The van der Waals surface area contributed by atoms with Gasteiger partial charge >= 0.3 is 0 Å². The number of rotatable bonds is 6. The van der Waals surface area contributed by atoms with Crippen LogP contribution < -0.4 is 10.9 Å². The van der Waals surface area contributed by atoms with Gasteiger partial charge in [0.15, 0.2) is 0 Å². The van der Waals surface area contributed by atoms with Crippen molar-refractivity contribution in [1.82, 2.24) is 9.55 Å². The number of hydrogen-bond donors (Lipinski definition) is 1. The van der Waals surface area contributed by atoms with E-state index in [0.717, 1.165) is 0 Å². The van der Waals surface area contributed by atoms with Crippen LogP contribution >= 0.6 is 0 Å². The van der Waals surface area contributed by atoms with Gasteiger partial charge < -0.3 is 10.1 Å². The monoisotopic (exact) mass is 368 g/mol. The van der Waals surface area contributed by atoms with Crippen molar-refractivity contribution in [3.63, 3.8) is 0 Å². The SMILES string of the molecule is COCCn1cnc2ccc(NC(=O)c3cccc([N+](=O)[O-])c3)cc2c1=O. The number of methoxy groups -OCH3 is 1. The molecule has 1 amide bonds. The molecule has 1 heterocycles. The standard InChI is InChI=1S/C18H16N4O5/c1-27-8-7-21-11-19-16-6-5-13(10-15(16)18(21)24)20-17(23)12-3-2-4-14(9-12)22(25)26/h2-6,9-11H,7-8H2,1H3,(H,20,23). The first-order valence-corrected chi connectivity index (χ1v) is 8.03. The van der Waals surface area contributed by atoms with E-state index in [1.165, 1.54) is 41.2 Å². The maximum absolute atomic E-state index is 12.5. The lowest BCUT2D eigenvalue weighted by Gasteiger charge is -2.08. The van der Waals surface area contributed by atoms with Crippen LogP contribution in [0.15, 0.2) is 53.6 Å². The van der Waals surface area contributed by atoms with Crippen LogP contribution in [0.3, 0.4) is 0 Å². The highest BCUT2D eigenvalue weighted by Gasteiger charge is 2.12. The molecule has 2 aromatic carbocycles. The van der Waals surface area contributed by atoms with Crippen LogP contribution in [0.2, 0.25) is 0 Å².